The first-order valence-corrected chi connectivity index (χ1v) is 5.64. The molecule has 2 aromatic rings. The average Bonchev–Trinajstić information content (AvgIpc) is 2.41. The zero-order valence-corrected chi connectivity index (χ0v) is 10.3. The summed E-state index contributed by atoms with van der Waals surface area (Å²) in [6, 6.07) is 9.57. The van der Waals surface area contributed by atoms with Crippen LogP contribution in [0.5, 0.6) is 0 Å². The number of halogens is 1. The molecule has 0 aliphatic rings. The molecule has 0 unspecified atom stereocenters. The van der Waals surface area contributed by atoms with Crippen LogP contribution in [-0.4, -0.2) is 16.1 Å². The van der Waals surface area contributed by atoms with Gasteiger partial charge in [-0.25, -0.2) is 9.78 Å². The number of hydrogen-bond donors (Lipinski definition) is 2. The summed E-state index contributed by atoms with van der Waals surface area (Å²) in [6.45, 7) is 0. The Bertz CT molecular complexity index is 663. The molecule has 0 atom stereocenters. The average molecular weight is 274 g/mol. The molecule has 0 radical (unpaired) electrons. The monoisotopic (exact) mass is 273 g/mol. The molecule has 6 heteroatoms. The molecule has 0 bridgehead atoms. The molecule has 0 saturated carbocycles. The van der Waals surface area contributed by atoms with Crippen molar-refractivity contribution in [1.29, 1.82) is 5.26 Å². The second-order valence-electron chi connectivity index (χ2n) is 3.67. The van der Waals surface area contributed by atoms with E-state index in [0.717, 1.165) is 0 Å². The fourth-order valence-electron chi connectivity index (χ4n) is 1.44. The number of nitrogens with zero attached hydrogens (tertiary/aromatic N) is 2. The summed E-state index contributed by atoms with van der Waals surface area (Å²) in [6.07, 6.45) is 1.50. The number of rotatable bonds is 3. The van der Waals surface area contributed by atoms with Crippen LogP contribution in [0.2, 0.25) is 5.02 Å². The van der Waals surface area contributed by atoms with Crippen LogP contribution in [0.1, 0.15) is 16.1 Å². The third-order valence-corrected chi connectivity index (χ3v) is 2.69. The first-order chi connectivity index (χ1) is 9.10. The van der Waals surface area contributed by atoms with Crippen LogP contribution in [0.3, 0.4) is 0 Å². The molecule has 0 aliphatic heterocycles. The first-order valence-electron chi connectivity index (χ1n) is 5.26. The van der Waals surface area contributed by atoms with Crippen molar-refractivity contribution in [3.05, 3.63) is 52.8 Å². The molecule has 1 heterocycles. The SMILES string of the molecule is N#Cc1ccc(Nc2ccc(C(=O)O)cc2Cl)cn1. The van der Waals surface area contributed by atoms with Crippen molar-refractivity contribution in [3.63, 3.8) is 0 Å². The maximum absolute atomic E-state index is 10.8. The van der Waals surface area contributed by atoms with Gasteiger partial charge in [-0.3, -0.25) is 0 Å². The Balaban J connectivity index is 2.23. The van der Waals surface area contributed by atoms with Crippen molar-refractivity contribution in [2.24, 2.45) is 0 Å². The fourth-order valence-corrected chi connectivity index (χ4v) is 1.67. The predicted molar refractivity (Wildman–Crippen MR) is 70.6 cm³/mol. The van der Waals surface area contributed by atoms with Crippen molar-refractivity contribution in [2.45, 2.75) is 0 Å². The number of nitrogens with one attached hydrogen (secondary N) is 1. The number of pyridine rings is 1. The topological polar surface area (TPSA) is 86.0 Å². The van der Waals surface area contributed by atoms with Crippen molar-refractivity contribution < 1.29 is 9.90 Å². The lowest BCUT2D eigenvalue weighted by Crippen LogP contribution is -1.98. The molecule has 0 amide bonds. The Kier molecular flexibility index (Phi) is 3.64. The van der Waals surface area contributed by atoms with Crippen molar-refractivity contribution in [3.8, 4) is 6.07 Å². The van der Waals surface area contributed by atoms with Gasteiger partial charge in [-0.1, -0.05) is 11.6 Å². The Hall–Kier alpha value is -2.58. The van der Waals surface area contributed by atoms with Gasteiger partial charge in [0.2, 0.25) is 0 Å². The van der Waals surface area contributed by atoms with Crippen LogP contribution in [0.4, 0.5) is 11.4 Å². The second-order valence-corrected chi connectivity index (χ2v) is 4.08. The van der Waals surface area contributed by atoms with Gasteiger partial charge in [-0.15, -0.1) is 0 Å². The van der Waals surface area contributed by atoms with Gasteiger partial charge >= 0.3 is 5.97 Å². The third-order valence-electron chi connectivity index (χ3n) is 2.37. The minimum atomic E-state index is -1.03. The van der Waals surface area contributed by atoms with Gasteiger partial charge in [0, 0.05) is 0 Å². The molecule has 0 saturated heterocycles. The van der Waals surface area contributed by atoms with E-state index in [2.05, 4.69) is 10.3 Å². The van der Waals surface area contributed by atoms with E-state index in [4.69, 9.17) is 22.0 Å². The number of aromatic nitrogens is 1. The van der Waals surface area contributed by atoms with Crippen LogP contribution in [0, 0.1) is 11.3 Å². The summed E-state index contributed by atoms with van der Waals surface area (Å²) in [7, 11) is 0. The molecule has 2 rings (SSSR count). The molecule has 19 heavy (non-hydrogen) atoms. The van der Waals surface area contributed by atoms with E-state index >= 15 is 0 Å². The Morgan fingerprint density at radius 2 is 2.16 bits per heavy atom. The molecule has 5 nitrogen and oxygen atoms in total. The molecule has 1 aromatic carbocycles. The first kappa shape index (κ1) is 12.9. The van der Waals surface area contributed by atoms with Crippen LogP contribution in [0.25, 0.3) is 0 Å². The van der Waals surface area contributed by atoms with Gasteiger partial charge in [-0.05, 0) is 30.3 Å². The Morgan fingerprint density at radius 1 is 1.37 bits per heavy atom. The van der Waals surface area contributed by atoms with Crippen LogP contribution < -0.4 is 5.32 Å². The number of benzene rings is 1. The number of carbonyl (C=O) groups is 1. The third kappa shape index (κ3) is 3.00. The maximum atomic E-state index is 10.8. The van der Waals surface area contributed by atoms with E-state index < -0.39 is 5.97 Å². The Labute approximate surface area is 114 Å². The number of anilines is 2. The summed E-state index contributed by atoms with van der Waals surface area (Å²) in [5.41, 5.74) is 1.66. The van der Waals surface area contributed by atoms with Crippen LogP contribution in [0.15, 0.2) is 36.5 Å². The number of carboxylic acids is 1. The lowest BCUT2D eigenvalue weighted by Gasteiger charge is -2.08. The zero-order chi connectivity index (χ0) is 13.8. The van der Waals surface area contributed by atoms with Crippen LogP contribution in [-0.2, 0) is 0 Å². The highest BCUT2D eigenvalue weighted by molar-refractivity contribution is 6.33. The fraction of sp³-hybridized carbons (Fsp3) is 0. The zero-order valence-electron chi connectivity index (χ0n) is 9.59. The van der Waals surface area contributed by atoms with Gasteiger partial charge in [0.1, 0.15) is 11.8 Å². The highest BCUT2D eigenvalue weighted by Gasteiger charge is 2.07. The normalized spacial score (nSPS) is 9.68. The number of carboxylic acid groups (broad SMARTS) is 1. The van der Waals surface area contributed by atoms with Crippen molar-refractivity contribution in [1.82, 2.24) is 4.98 Å². The minimum absolute atomic E-state index is 0.119. The van der Waals surface area contributed by atoms with Gasteiger partial charge in [-0.2, -0.15) is 5.26 Å². The van der Waals surface area contributed by atoms with E-state index in [0.29, 0.717) is 22.1 Å². The largest absolute Gasteiger partial charge is 0.478 e. The van der Waals surface area contributed by atoms with Gasteiger partial charge in [0.15, 0.2) is 0 Å². The van der Waals surface area contributed by atoms with Gasteiger partial charge in [0.25, 0.3) is 0 Å². The predicted octanol–water partition coefficient (Wildman–Crippen LogP) is 3.05. The summed E-state index contributed by atoms with van der Waals surface area (Å²) < 4.78 is 0. The number of aromatic carboxylic acids is 1. The molecule has 2 N–H and O–H groups in total. The standard InChI is InChI=1S/C13H8ClN3O2/c14-11-5-8(13(18)19)1-4-12(11)17-10-3-2-9(6-15)16-7-10/h1-5,7,17H,(H,18,19). The molecular weight excluding hydrogens is 266 g/mol. The second kappa shape index (κ2) is 5.38. The van der Waals surface area contributed by atoms with E-state index in [9.17, 15) is 4.79 Å². The summed E-state index contributed by atoms with van der Waals surface area (Å²) >= 11 is 5.98. The smallest absolute Gasteiger partial charge is 0.335 e. The lowest BCUT2D eigenvalue weighted by molar-refractivity contribution is 0.0697. The maximum Gasteiger partial charge on any atom is 0.335 e. The molecule has 0 spiro atoms. The summed E-state index contributed by atoms with van der Waals surface area (Å²) in [5, 5.41) is 20.8. The minimum Gasteiger partial charge on any atom is -0.478 e. The number of nitriles is 1. The molecule has 1 aromatic heterocycles. The molecule has 0 fully saturated rings. The van der Waals surface area contributed by atoms with Crippen molar-refractivity contribution >= 4 is 28.9 Å². The van der Waals surface area contributed by atoms with Crippen molar-refractivity contribution in [2.75, 3.05) is 5.32 Å². The summed E-state index contributed by atoms with van der Waals surface area (Å²) in [4.78, 5) is 14.7. The summed E-state index contributed by atoms with van der Waals surface area (Å²) in [5.74, 6) is -1.03. The van der Waals surface area contributed by atoms with Gasteiger partial charge in [0.05, 0.1) is 28.2 Å². The lowest BCUT2D eigenvalue weighted by atomic mass is 10.2. The van der Waals surface area contributed by atoms with Crippen LogP contribution >= 0.6 is 11.6 Å². The molecule has 94 valence electrons. The van der Waals surface area contributed by atoms with Gasteiger partial charge < -0.3 is 10.4 Å². The Morgan fingerprint density at radius 3 is 2.68 bits per heavy atom. The van der Waals surface area contributed by atoms with E-state index in [1.165, 1.54) is 18.3 Å². The van der Waals surface area contributed by atoms with E-state index in [-0.39, 0.29) is 5.56 Å². The highest BCUT2D eigenvalue weighted by Crippen LogP contribution is 2.26. The van der Waals surface area contributed by atoms with E-state index in [1.807, 2.05) is 6.07 Å². The number of hydrogen-bond acceptors (Lipinski definition) is 4. The molecular formula is C13H8ClN3O2. The highest BCUT2D eigenvalue weighted by atomic mass is 35.5. The quantitative estimate of drug-likeness (QED) is 0.897. The molecule has 0 aliphatic carbocycles. The van der Waals surface area contributed by atoms with E-state index in [1.54, 1.807) is 18.2 Å².